The van der Waals surface area contributed by atoms with Crippen molar-refractivity contribution in [2.45, 2.75) is 90.5 Å². The summed E-state index contributed by atoms with van der Waals surface area (Å²) in [5, 5.41) is 21.2. The van der Waals surface area contributed by atoms with Gasteiger partial charge in [-0.3, -0.25) is 14.6 Å². The Morgan fingerprint density at radius 1 is 1.27 bits per heavy atom. The lowest BCUT2D eigenvalue weighted by Gasteiger charge is -2.44. The number of amides is 2. The highest BCUT2D eigenvalue weighted by atomic mass is 19.4. The molecule has 2 aliphatic rings. The number of aryl methyl sites for hydroxylation is 1. The molecule has 2 amide bonds. The summed E-state index contributed by atoms with van der Waals surface area (Å²) in [6, 6.07) is -0.773. The molecule has 10 nitrogen and oxygen atoms in total. The zero-order valence-electron chi connectivity index (χ0n) is 21.9. The molecule has 3 atom stereocenters. The van der Waals surface area contributed by atoms with Gasteiger partial charge in [-0.25, -0.2) is 14.8 Å². The van der Waals surface area contributed by atoms with E-state index in [1.165, 1.54) is 9.80 Å². The second kappa shape index (κ2) is 11.1. The van der Waals surface area contributed by atoms with E-state index in [2.05, 4.69) is 9.97 Å². The van der Waals surface area contributed by atoms with Crippen LogP contribution < -0.4 is 0 Å². The number of ether oxygens (including phenoxy) is 1. The highest BCUT2D eigenvalue weighted by molar-refractivity contribution is 5.78. The Morgan fingerprint density at radius 2 is 1.95 bits per heavy atom. The van der Waals surface area contributed by atoms with E-state index in [0.717, 1.165) is 0 Å². The lowest BCUT2D eigenvalue weighted by Crippen LogP contribution is -2.59. The van der Waals surface area contributed by atoms with Crippen molar-refractivity contribution in [2.24, 2.45) is 0 Å². The molecule has 2 N–H and O–H groups in total. The molecule has 0 bridgehead atoms. The summed E-state index contributed by atoms with van der Waals surface area (Å²) in [5.74, 6) is -0.197. The predicted octanol–water partition coefficient (Wildman–Crippen LogP) is 2.52. The second-order valence-electron chi connectivity index (χ2n) is 10.6. The average Bonchev–Trinajstić information content (AvgIpc) is 2.78. The Kier molecular flexibility index (Phi) is 8.70. The molecule has 1 fully saturated rings. The van der Waals surface area contributed by atoms with Gasteiger partial charge in [0.05, 0.1) is 17.8 Å². The maximum atomic E-state index is 13.6. The van der Waals surface area contributed by atoms with Gasteiger partial charge in [0.1, 0.15) is 18.7 Å². The molecule has 1 saturated heterocycles. The summed E-state index contributed by atoms with van der Waals surface area (Å²) in [6.45, 7) is 8.98. The summed E-state index contributed by atoms with van der Waals surface area (Å²) < 4.78 is 46.2. The van der Waals surface area contributed by atoms with Gasteiger partial charge in [0.2, 0.25) is 5.91 Å². The zero-order chi connectivity index (χ0) is 27.7. The Labute approximate surface area is 214 Å². The Hall–Kier alpha value is -2.51. The summed E-state index contributed by atoms with van der Waals surface area (Å²) in [4.78, 5) is 37.1. The quantitative estimate of drug-likeness (QED) is 0.551. The van der Waals surface area contributed by atoms with Crippen LogP contribution in [0.5, 0.6) is 0 Å². The molecule has 3 rings (SSSR count). The van der Waals surface area contributed by atoms with Crippen molar-refractivity contribution >= 4 is 12.0 Å². The van der Waals surface area contributed by atoms with E-state index in [0.29, 0.717) is 0 Å². The molecule has 0 saturated carbocycles. The number of fused-ring (bicyclic) bond motifs is 1. The standard InChI is InChI=1S/C24H36F3N5O5/c1-6-18-28-17-12-30(8-7-16(17)21(29-18)24(25,26)27)19(33)9-15(32(22(35)36)23(3,4)5)11-31-10-14(2)37-13-20(31)34/h14-15,19,33H,6-13H2,1-5H3,(H,35,36)/t14-,15-,19?/m0/s1. The lowest BCUT2D eigenvalue weighted by molar-refractivity contribution is -0.150. The summed E-state index contributed by atoms with van der Waals surface area (Å²) >= 11 is 0. The molecular weight excluding hydrogens is 495 g/mol. The fourth-order valence-electron chi connectivity index (χ4n) is 4.99. The van der Waals surface area contributed by atoms with Crippen LogP contribution in [0, 0.1) is 0 Å². The molecule has 0 radical (unpaired) electrons. The minimum Gasteiger partial charge on any atom is -0.465 e. The molecule has 1 aromatic heterocycles. The third-order valence-corrected chi connectivity index (χ3v) is 6.68. The van der Waals surface area contributed by atoms with Gasteiger partial charge in [-0.05, 0) is 34.1 Å². The maximum absolute atomic E-state index is 13.6. The molecule has 13 heteroatoms. The van der Waals surface area contributed by atoms with Crippen molar-refractivity contribution < 1.29 is 37.7 Å². The first kappa shape index (κ1) is 29.1. The van der Waals surface area contributed by atoms with Crippen LogP contribution in [-0.4, -0.2) is 97.0 Å². The van der Waals surface area contributed by atoms with E-state index in [-0.39, 0.29) is 81.1 Å². The van der Waals surface area contributed by atoms with Gasteiger partial charge in [0, 0.05) is 50.1 Å². The van der Waals surface area contributed by atoms with Crippen LogP contribution in [0.4, 0.5) is 18.0 Å². The van der Waals surface area contributed by atoms with Gasteiger partial charge in [-0.2, -0.15) is 13.2 Å². The van der Waals surface area contributed by atoms with Crippen LogP contribution in [0.15, 0.2) is 0 Å². The topological polar surface area (TPSA) is 119 Å². The van der Waals surface area contributed by atoms with Gasteiger partial charge in [0.15, 0.2) is 5.69 Å². The monoisotopic (exact) mass is 531 g/mol. The number of hydrogen-bond donors (Lipinski definition) is 2. The van der Waals surface area contributed by atoms with Crippen molar-refractivity contribution in [1.82, 2.24) is 24.7 Å². The number of morpholine rings is 1. The molecule has 2 aliphatic heterocycles. The van der Waals surface area contributed by atoms with E-state index in [1.54, 1.807) is 32.6 Å². The molecule has 1 aromatic rings. The normalized spacial score (nSPS) is 20.9. The first-order valence-corrected chi connectivity index (χ1v) is 12.4. The van der Waals surface area contributed by atoms with E-state index in [4.69, 9.17) is 4.74 Å². The Bertz CT molecular complexity index is 1000. The van der Waals surface area contributed by atoms with E-state index in [1.807, 2.05) is 6.92 Å². The van der Waals surface area contributed by atoms with Crippen molar-refractivity contribution in [3.63, 3.8) is 0 Å². The van der Waals surface area contributed by atoms with E-state index in [9.17, 15) is 33.0 Å². The Morgan fingerprint density at radius 3 is 2.51 bits per heavy atom. The maximum Gasteiger partial charge on any atom is 0.433 e. The number of aliphatic hydroxyl groups excluding tert-OH is 1. The first-order valence-electron chi connectivity index (χ1n) is 12.4. The fourth-order valence-corrected chi connectivity index (χ4v) is 4.99. The van der Waals surface area contributed by atoms with Crippen LogP contribution in [-0.2, 0) is 35.1 Å². The third-order valence-electron chi connectivity index (χ3n) is 6.68. The highest BCUT2D eigenvalue weighted by Gasteiger charge is 2.41. The number of nitrogens with zero attached hydrogens (tertiary/aromatic N) is 5. The van der Waals surface area contributed by atoms with Gasteiger partial charge < -0.3 is 19.8 Å². The molecule has 208 valence electrons. The molecule has 1 unspecified atom stereocenters. The number of hydrogen-bond acceptors (Lipinski definition) is 7. The SMILES string of the molecule is CCc1nc2c(c(C(F)(F)F)n1)CCN(C(O)C[C@@H](CN1C[C@H](C)OCC1=O)N(C(=O)O)C(C)(C)C)C2. The highest BCUT2D eigenvalue weighted by Crippen LogP contribution is 2.34. The van der Waals surface area contributed by atoms with E-state index < -0.39 is 35.8 Å². The number of carboxylic acid groups (broad SMARTS) is 1. The van der Waals surface area contributed by atoms with Gasteiger partial charge in [-0.15, -0.1) is 0 Å². The van der Waals surface area contributed by atoms with Gasteiger partial charge >= 0.3 is 12.3 Å². The number of aromatic nitrogens is 2. The number of halogens is 3. The van der Waals surface area contributed by atoms with Crippen molar-refractivity contribution in [3.05, 3.63) is 22.8 Å². The van der Waals surface area contributed by atoms with Crippen LogP contribution in [0.25, 0.3) is 0 Å². The molecular formula is C24H36F3N5O5. The number of alkyl halides is 3. The van der Waals surface area contributed by atoms with Crippen LogP contribution >= 0.6 is 0 Å². The van der Waals surface area contributed by atoms with Crippen LogP contribution in [0.2, 0.25) is 0 Å². The average molecular weight is 532 g/mol. The molecule has 0 aliphatic carbocycles. The number of rotatable bonds is 7. The molecule has 37 heavy (non-hydrogen) atoms. The number of carbonyl (C=O) groups excluding carboxylic acids is 1. The predicted molar refractivity (Wildman–Crippen MR) is 127 cm³/mol. The minimum atomic E-state index is -4.61. The van der Waals surface area contributed by atoms with Crippen molar-refractivity contribution in [3.8, 4) is 0 Å². The number of carbonyl (C=O) groups is 2. The largest absolute Gasteiger partial charge is 0.465 e. The number of aliphatic hydroxyl groups is 1. The van der Waals surface area contributed by atoms with Crippen LogP contribution in [0.1, 0.15) is 63.8 Å². The Balaban J connectivity index is 1.86. The zero-order valence-corrected chi connectivity index (χ0v) is 21.9. The second-order valence-corrected chi connectivity index (χ2v) is 10.6. The molecule has 3 heterocycles. The van der Waals surface area contributed by atoms with Crippen LogP contribution in [0.3, 0.4) is 0 Å². The molecule has 0 aromatic carbocycles. The van der Waals surface area contributed by atoms with Crippen molar-refractivity contribution in [1.29, 1.82) is 0 Å². The van der Waals surface area contributed by atoms with Gasteiger partial charge in [-0.1, -0.05) is 6.92 Å². The third kappa shape index (κ3) is 6.88. The van der Waals surface area contributed by atoms with Gasteiger partial charge in [0.25, 0.3) is 0 Å². The van der Waals surface area contributed by atoms with Crippen molar-refractivity contribution in [2.75, 3.05) is 26.2 Å². The lowest BCUT2D eigenvalue weighted by atomic mass is 9.98. The minimum absolute atomic E-state index is 0.00270. The summed E-state index contributed by atoms with van der Waals surface area (Å²) in [6.07, 6.45) is -7.02. The van der Waals surface area contributed by atoms with E-state index >= 15 is 0 Å². The fraction of sp³-hybridized carbons (Fsp3) is 0.750. The summed E-state index contributed by atoms with van der Waals surface area (Å²) in [5.41, 5.74) is -1.54. The smallest absolute Gasteiger partial charge is 0.433 e. The first-order chi connectivity index (χ1) is 17.1. The summed E-state index contributed by atoms with van der Waals surface area (Å²) in [7, 11) is 0. The molecule has 0 spiro atoms.